The Hall–Kier alpha value is -3.57. The van der Waals surface area contributed by atoms with Crippen LogP contribution in [0.15, 0.2) is 84.3 Å². The number of anilines is 1. The third-order valence-corrected chi connectivity index (χ3v) is 7.41. The van der Waals surface area contributed by atoms with E-state index in [1.807, 2.05) is 48.5 Å². The fourth-order valence-electron chi connectivity index (χ4n) is 4.28. The number of hydrogen-bond acceptors (Lipinski definition) is 6. The molecule has 0 fully saturated rings. The molecule has 0 bridgehead atoms. The van der Waals surface area contributed by atoms with Crippen molar-refractivity contribution in [3.05, 3.63) is 100 Å². The van der Waals surface area contributed by atoms with E-state index in [0.717, 1.165) is 44.0 Å². The average Bonchev–Trinajstić information content (AvgIpc) is 3.42. The number of aromatic hydroxyl groups is 1. The largest absolute Gasteiger partial charge is 0.508 e. The monoisotopic (exact) mass is 547 g/mol. The maximum absolute atomic E-state index is 9.73. The molecule has 0 amide bonds. The van der Waals surface area contributed by atoms with Gasteiger partial charge in [-0.15, -0.1) is 11.8 Å². The highest BCUT2D eigenvalue weighted by Gasteiger charge is 2.19. The SMILES string of the molecule is C=C(c1ccc(O)cc1)c1c(SC)c2ccccc2n1COCNc1cccc(-n2c(=S)[nH][nH]c2=S)c1. The molecule has 2 heterocycles. The lowest BCUT2D eigenvalue weighted by molar-refractivity contribution is 0.0941. The van der Waals surface area contributed by atoms with Crippen LogP contribution < -0.4 is 5.32 Å². The normalized spacial score (nSPS) is 11.2. The Kier molecular flexibility index (Phi) is 7.33. The first-order chi connectivity index (χ1) is 18.0. The van der Waals surface area contributed by atoms with Gasteiger partial charge in [-0.25, -0.2) is 0 Å². The molecule has 0 atom stereocenters. The van der Waals surface area contributed by atoms with E-state index in [1.165, 1.54) is 0 Å². The van der Waals surface area contributed by atoms with E-state index in [0.29, 0.717) is 23.0 Å². The number of ether oxygens (including phenoxy) is 1. The van der Waals surface area contributed by atoms with Gasteiger partial charge < -0.3 is 19.7 Å². The van der Waals surface area contributed by atoms with Crippen LogP contribution in [0, 0.1) is 9.54 Å². The molecular weight excluding hydrogens is 523 g/mol. The minimum absolute atomic E-state index is 0.224. The molecule has 4 N–H and O–H groups in total. The molecule has 0 saturated carbocycles. The maximum Gasteiger partial charge on any atom is 0.198 e. The highest BCUT2D eigenvalue weighted by Crippen LogP contribution is 2.39. The van der Waals surface area contributed by atoms with Gasteiger partial charge in [0.2, 0.25) is 0 Å². The number of nitrogens with zero attached hydrogens (tertiary/aromatic N) is 2. The molecule has 2 aromatic heterocycles. The topological polar surface area (TPSA) is 82.9 Å². The summed E-state index contributed by atoms with van der Waals surface area (Å²) in [5.74, 6) is 0.224. The molecule has 7 nitrogen and oxygen atoms in total. The summed E-state index contributed by atoms with van der Waals surface area (Å²) in [6, 6.07) is 23.2. The molecule has 37 heavy (non-hydrogen) atoms. The number of fused-ring (bicyclic) bond motifs is 1. The van der Waals surface area contributed by atoms with Crippen LogP contribution in [0.2, 0.25) is 0 Å². The molecule has 188 valence electrons. The van der Waals surface area contributed by atoms with Crippen LogP contribution >= 0.6 is 36.2 Å². The maximum atomic E-state index is 9.73. The number of thioether (sulfide) groups is 1. The van der Waals surface area contributed by atoms with Crippen LogP contribution in [0.3, 0.4) is 0 Å². The van der Waals surface area contributed by atoms with Crippen LogP contribution in [0.1, 0.15) is 11.3 Å². The Bertz CT molecular complexity index is 1670. The minimum atomic E-state index is 0.224. The van der Waals surface area contributed by atoms with Gasteiger partial charge in [0, 0.05) is 16.0 Å². The zero-order valence-electron chi connectivity index (χ0n) is 20.0. The van der Waals surface area contributed by atoms with E-state index >= 15 is 0 Å². The molecule has 10 heteroatoms. The first kappa shape index (κ1) is 25.1. The second-order valence-corrected chi connectivity index (χ2v) is 9.84. The number of rotatable bonds is 9. The molecule has 0 unspecified atom stereocenters. The first-order valence-electron chi connectivity index (χ1n) is 11.4. The van der Waals surface area contributed by atoms with Crippen molar-refractivity contribution in [1.29, 1.82) is 0 Å². The van der Waals surface area contributed by atoms with Crippen LogP contribution in [0.25, 0.3) is 22.2 Å². The predicted octanol–water partition coefficient (Wildman–Crippen LogP) is 7.08. The van der Waals surface area contributed by atoms with Crippen molar-refractivity contribution in [2.45, 2.75) is 11.6 Å². The summed E-state index contributed by atoms with van der Waals surface area (Å²) in [5.41, 5.74) is 5.60. The van der Waals surface area contributed by atoms with Crippen LogP contribution in [0.4, 0.5) is 5.69 Å². The number of aromatic amines is 2. The van der Waals surface area contributed by atoms with E-state index < -0.39 is 0 Å². The number of nitrogens with one attached hydrogen (secondary N) is 3. The van der Waals surface area contributed by atoms with Crippen LogP contribution in [-0.4, -0.2) is 37.4 Å². The number of para-hydroxylation sites is 1. The van der Waals surface area contributed by atoms with Crippen LogP contribution in [-0.2, 0) is 11.5 Å². The van der Waals surface area contributed by atoms with Gasteiger partial charge in [0.1, 0.15) is 19.2 Å². The number of phenolic OH excluding ortho intramolecular Hbond substituents is 1. The van der Waals surface area contributed by atoms with Crippen LogP contribution in [0.5, 0.6) is 5.75 Å². The highest BCUT2D eigenvalue weighted by molar-refractivity contribution is 7.98. The summed E-state index contributed by atoms with van der Waals surface area (Å²) in [7, 11) is 0. The summed E-state index contributed by atoms with van der Waals surface area (Å²) in [5, 5.41) is 19.9. The Balaban J connectivity index is 1.38. The zero-order valence-corrected chi connectivity index (χ0v) is 22.5. The molecule has 3 aromatic carbocycles. The molecule has 0 saturated heterocycles. The minimum Gasteiger partial charge on any atom is -0.508 e. The second-order valence-electron chi connectivity index (χ2n) is 8.25. The van der Waals surface area contributed by atoms with Gasteiger partial charge in [-0.2, -0.15) is 0 Å². The van der Waals surface area contributed by atoms with Gasteiger partial charge in [0.25, 0.3) is 0 Å². The van der Waals surface area contributed by atoms with E-state index in [1.54, 1.807) is 28.5 Å². The smallest absolute Gasteiger partial charge is 0.198 e. The first-order valence-corrected chi connectivity index (χ1v) is 13.5. The quantitative estimate of drug-likeness (QED) is 0.0683. The van der Waals surface area contributed by atoms with E-state index in [-0.39, 0.29) is 5.75 Å². The van der Waals surface area contributed by atoms with Crippen molar-refractivity contribution >= 4 is 58.4 Å². The average molecular weight is 548 g/mol. The van der Waals surface area contributed by atoms with E-state index in [9.17, 15) is 5.11 Å². The molecule has 0 aliphatic heterocycles. The summed E-state index contributed by atoms with van der Waals surface area (Å²) in [6.07, 6.45) is 2.07. The summed E-state index contributed by atoms with van der Waals surface area (Å²) in [4.78, 5) is 1.14. The molecule has 5 aromatic rings. The van der Waals surface area contributed by atoms with Crippen molar-refractivity contribution in [3.8, 4) is 11.4 Å². The number of benzene rings is 3. The van der Waals surface area contributed by atoms with Gasteiger partial charge in [0.15, 0.2) is 9.54 Å². The standard InChI is InChI=1S/C27H25N5O2S3/c1-17(18-10-12-21(33)13-11-18)24-25(37-2)22-8-3-4-9-23(22)31(24)16-34-15-28-19-6-5-7-20(14-19)32-26(35)29-30-27(32)36/h3-14,28,33H,1,15-16H2,2H3,(H,29,35)(H,30,36). The molecule has 5 rings (SSSR count). The van der Waals surface area contributed by atoms with Gasteiger partial charge in [0.05, 0.1) is 16.9 Å². The van der Waals surface area contributed by atoms with Crippen molar-refractivity contribution < 1.29 is 9.84 Å². The number of H-pyrrole nitrogens is 2. The zero-order chi connectivity index (χ0) is 25.9. The molecular formula is C27H25N5O2S3. The lowest BCUT2D eigenvalue weighted by Crippen LogP contribution is -2.12. The van der Waals surface area contributed by atoms with E-state index in [4.69, 9.17) is 29.2 Å². The summed E-state index contributed by atoms with van der Waals surface area (Å²) < 4.78 is 11.0. The number of phenols is 1. The van der Waals surface area contributed by atoms with Gasteiger partial charge >= 0.3 is 0 Å². The van der Waals surface area contributed by atoms with Gasteiger partial charge in [-0.3, -0.25) is 14.8 Å². The van der Waals surface area contributed by atoms with Gasteiger partial charge in [-0.05, 0) is 78.2 Å². The molecule has 0 aliphatic rings. The second kappa shape index (κ2) is 10.8. The molecule has 0 radical (unpaired) electrons. The Labute approximate surface area is 228 Å². The summed E-state index contributed by atoms with van der Waals surface area (Å²) >= 11 is 12.3. The Morgan fingerprint density at radius 3 is 2.49 bits per heavy atom. The predicted molar refractivity (Wildman–Crippen MR) is 156 cm³/mol. The van der Waals surface area contributed by atoms with Crippen molar-refractivity contribution in [2.75, 3.05) is 18.3 Å². The summed E-state index contributed by atoms with van der Waals surface area (Å²) in [6.45, 7) is 5.02. The molecule has 0 spiro atoms. The number of aromatic nitrogens is 4. The van der Waals surface area contributed by atoms with Crippen molar-refractivity contribution in [1.82, 2.24) is 19.3 Å². The van der Waals surface area contributed by atoms with Crippen molar-refractivity contribution in [3.63, 3.8) is 0 Å². The lowest BCUT2D eigenvalue weighted by atomic mass is 10.0. The lowest BCUT2D eigenvalue weighted by Gasteiger charge is -2.16. The fourth-order valence-corrected chi connectivity index (χ4v) is 5.66. The number of hydrogen-bond donors (Lipinski definition) is 4. The van der Waals surface area contributed by atoms with Crippen molar-refractivity contribution in [2.24, 2.45) is 0 Å². The fraction of sp³-hybridized carbons (Fsp3) is 0.111. The van der Waals surface area contributed by atoms with E-state index in [2.05, 4.69) is 45.0 Å². The Morgan fingerprint density at radius 2 is 1.76 bits per heavy atom. The third kappa shape index (κ3) is 5.01. The third-order valence-electron chi connectivity index (χ3n) is 6.02. The Morgan fingerprint density at radius 1 is 1.03 bits per heavy atom. The highest BCUT2D eigenvalue weighted by atomic mass is 32.2. The van der Waals surface area contributed by atoms with Gasteiger partial charge in [-0.1, -0.05) is 43.0 Å². The molecule has 0 aliphatic carbocycles.